The van der Waals surface area contributed by atoms with Crippen LogP contribution in [0.3, 0.4) is 0 Å². The third-order valence-corrected chi connectivity index (χ3v) is 4.61. The highest BCUT2D eigenvalue weighted by atomic mass is 35.5. The Hall–Kier alpha value is -2.83. The number of carbonyl (C=O) groups is 1. The van der Waals surface area contributed by atoms with Gasteiger partial charge in [-0.05, 0) is 36.6 Å². The van der Waals surface area contributed by atoms with Gasteiger partial charge in [0.1, 0.15) is 11.4 Å². The summed E-state index contributed by atoms with van der Waals surface area (Å²) in [4.78, 5) is 14.9. The van der Waals surface area contributed by atoms with E-state index in [2.05, 4.69) is 4.98 Å². The van der Waals surface area contributed by atoms with Crippen LogP contribution in [0, 0.1) is 0 Å². The maximum absolute atomic E-state index is 11.0. The molecule has 0 radical (unpaired) electrons. The summed E-state index contributed by atoms with van der Waals surface area (Å²) in [6, 6.07) is 15.4. The van der Waals surface area contributed by atoms with Crippen LogP contribution in [0.15, 0.2) is 61.1 Å². The molecule has 1 amide bonds. The number of rotatable bonds is 9. The van der Waals surface area contributed by atoms with Gasteiger partial charge in [-0.15, -0.1) is 0 Å². The van der Waals surface area contributed by atoms with Gasteiger partial charge in [-0.3, -0.25) is 4.79 Å². The minimum Gasteiger partial charge on any atom is -0.494 e. The van der Waals surface area contributed by atoms with Crippen molar-refractivity contribution < 1.29 is 14.6 Å². The number of hydrogen-bond acceptors (Lipinski definition) is 4. The number of carbonyl (C=O) groups excluding carboxylic acids is 1. The number of amides is 1. The van der Waals surface area contributed by atoms with Crippen molar-refractivity contribution in [2.75, 3.05) is 6.61 Å². The number of aliphatic hydroxyl groups is 1. The summed E-state index contributed by atoms with van der Waals surface area (Å²) in [5.74, 6) is 0.174. The van der Waals surface area contributed by atoms with Crippen LogP contribution < -0.4 is 10.5 Å². The van der Waals surface area contributed by atoms with Crippen molar-refractivity contribution in [3.8, 4) is 16.9 Å². The number of hydrogen-bond donors (Lipinski definition) is 2. The molecule has 146 valence electrons. The summed E-state index contributed by atoms with van der Waals surface area (Å²) in [6.45, 7) is 0.835. The Morgan fingerprint density at radius 3 is 2.82 bits per heavy atom. The van der Waals surface area contributed by atoms with Crippen molar-refractivity contribution in [1.82, 2.24) is 9.55 Å². The number of aromatic nitrogens is 2. The van der Waals surface area contributed by atoms with E-state index in [9.17, 15) is 9.90 Å². The van der Waals surface area contributed by atoms with Crippen LogP contribution in [-0.4, -0.2) is 33.3 Å². The monoisotopic (exact) mass is 399 g/mol. The van der Waals surface area contributed by atoms with Crippen LogP contribution >= 0.6 is 11.6 Å². The van der Waals surface area contributed by atoms with Crippen LogP contribution in [0.5, 0.6) is 5.75 Å². The molecule has 2 aromatic carbocycles. The Labute approximate surface area is 168 Å². The van der Waals surface area contributed by atoms with E-state index in [1.54, 1.807) is 4.57 Å². The molecule has 0 bridgehead atoms. The predicted molar refractivity (Wildman–Crippen MR) is 108 cm³/mol. The first-order valence-corrected chi connectivity index (χ1v) is 9.38. The summed E-state index contributed by atoms with van der Waals surface area (Å²) < 4.78 is 7.46. The third kappa shape index (κ3) is 5.34. The topological polar surface area (TPSA) is 90.4 Å². The number of benzene rings is 2. The molecule has 3 rings (SSSR count). The van der Waals surface area contributed by atoms with Crippen LogP contribution in [0.1, 0.15) is 23.3 Å². The van der Waals surface area contributed by atoms with Gasteiger partial charge in [0.2, 0.25) is 0 Å². The molecule has 6 nitrogen and oxygen atoms in total. The fraction of sp³-hybridized carbons (Fsp3) is 0.238. The van der Waals surface area contributed by atoms with E-state index in [4.69, 9.17) is 22.1 Å². The van der Waals surface area contributed by atoms with Crippen LogP contribution in [0.25, 0.3) is 11.1 Å². The summed E-state index contributed by atoms with van der Waals surface area (Å²) in [6.07, 6.45) is 3.71. The lowest BCUT2D eigenvalue weighted by Gasteiger charge is -2.12. The highest BCUT2D eigenvalue weighted by molar-refractivity contribution is 6.33. The minimum absolute atomic E-state index is 0.189. The predicted octanol–water partition coefficient (Wildman–Crippen LogP) is 3.52. The third-order valence-electron chi connectivity index (χ3n) is 4.28. The highest BCUT2D eigenvalue weighted by Crippen LogP contribution is 2.29. The number of ether oxygens (including phenoxy) is 1. The molecule has 1 aromatic heterocycles. The largest absolute Gasteiger partial charge is 0.494 e. The molecule has 0 spiro atoms. The van der Waals surface area contributed by atoms with E-state index in [0.29, 0.717) is 31.0 Å². The molecule has 7 heteroatoms. The van der Waals surface area contributed by atoms with E-state index in [-0.39, 0.29) is 5.69 Å². The minimum atomic E-state index is -0.583. The SMILES string of the molecule is NC(=O)c1cn(C[C@@H](O)CCCOc2cccc(-c3ccccc3Cl)c2)cn1. The van der Waals surface area contributed by atoms with Crippen LogP contribution in [0.2, 0.25) is 5.02 Å². The average Bonchev–Trinajstić information content (AvgIpc) is 3.15. The van der Waals surface area contributed by atoms with Gasteiger partial charge in [0.25, 0.3) is 5.91 Å². The molecular weight excluding hydrogens is 378 g/mol. The van der Waals surface area contributed by atoms with Crippen molar-refractivity contribution in [3.05, 3.63) is 71.8 Å². The van der Waals surface area contributed by atoms with Gasteiger partial charge in [-0.1, -0.05) is 41.9 Å². The van der Waals surface area contributed by atoms with Crippen molar-refractivity contribution in [3.63, 3.8) is 0 Å². The fourth-order valence-corrected chi connectivity index (χ4v) is 3.12. The first-order valence-electron chi connectivity index (χ1n) is 9.00. The second-order valence-electron chi connectivity index (χ2n) is 6.47. The lowest BCUT2D eigenvalue weighted by molar-refractivity contribution is 0.0995. The Bertz CT molecular complexity index is 942. The smallest absolute Gasteiger partial charge is 0.268 e. The highest BCUT2D eigenvalue weighted by Gasteiger charge is 2.09. The van der Waals surface area contributed by atoms with E-state index in [1.165, 1.54) is 12.5 Å². The summed E-state index contributed by atoms with van der Waals surface area (Å²) >= 11 is 6.26. The second kappa shape index (κ2) is 9.39. The van der Waals surface area contributed by atoms with Crippen molar-refractivity contribution in [1.29, 1.82) is 0 Å². The number of primary amides is 1. The van der Waals surface area contributed by atoms with Crippen molar-refractivity contribution in [2.24, 2.45) is 5.73 Å². The number of imidazole rings is 1. The lowest BCUT2D eigenvalue weighted by Crippen LogP contribution is -2.16. The van der Waals surface area contributed by atoms with E-state index in [0.717, 1.165) is 16.9 Å². The molecular formula is C21H22ClN3O3. The van der Waals surface area contributed by atoms with Crippen LogP contribution in [0.4, 0.5) is 0 Å². The summed E-state index contributed by atoms with van der Waals surface area (Å²) in [5, 5.41) is 10.8. The number of nitrogens with zero attached hydrogens (tertiary/aromatic N) is 2. The Kier molecular flexibility index (Phi) is 6.68. The number of aliphatic hydroxyl groups excluding tert-OH is 1. The standard InChI is InChI=1S/C21H22ClN3O3/c22-19-9-2-1-8-18(19)15-5-3-7-17(11-15)28-10-4-6-16(26)12-25-13-20(21(23)27)24-14-25/h1-3,5,7-9,11,13-14,16,26H,4,6,10,12H2,(H2,23,27)/t16-/m0/s1. The Balaban J connectivity index is 1.46. The van der Waals surface area contributed by atoms with Crippen LogP contribution in [-0.2, 0) is 6.54 Å². The quantitative estimate of drug-likeness (QED) is 0.538. The maximum atomic E-state index is 11.0. The lowest BCUT2D eigenvalue weighted by atomic mass is 10.1. The van der Waals surface area contributed by atoms with Gasteiger partial charge >= 0.3 is 0 Å². The van der Waals surface area contributed by atoms with Crippen molar-refractivity contribution >= 4 is 17.5 Å². The molecule has 0 saturated heterocycles. The molecule has 0 saturated carbocycles. The Morgan fingerprint density at radius 2 is 2.07 bits per heavy atom. The normalized spacial score (nSPS) is 11.9. The molecule has 1 heterocycles. The molecule has 0 fully saturated rings. The average molecular weight is 400 g/mol. The second-order valence-corrected chi connectivity index (χ2v) is 6.88. The molecule has 0 aliphatic heterocycles. The summed E-state index contributed by atoms with van der Waals surface area (Å²) in [7, 11) is 0. The summed E-state index contributed by atoms with van der Waals surface area (Å²) in [5.41, 5.74) is 7.31. The molecule has 3 aromatic rings. The number of nitrogens with two attached hydrogens (primary N) is 1. The first kappa shape index (κ1) is 19.9. The zero-order valence-corrected chi connectivity index (χ0v) is 16.0. The van der Waals surface area contributed by atoms with E-state index < -0.39 is 12.0 Å². The molecule has 0 aliphatic carbocycles. The Morgan fingerprint density at radius 1 is 1.25 bits per heavy atom. The molecule has 3 N–H and O–H groups in total. The van der Waals surface area contributed by atoms with Gasteiger partial charge in [0.15, 0.2) is 0 Å². The molecule has 1 atom stereocenters. The van der Waals surface area contributed by atoms with Gasteiger partial charge in [0, 0.05) is 23.3 Å². The zero-order valence-electron chi connectivity index (χ0n) is 15.3. The van der Waals surface area contributed by atoms with Gasteiger partial charge in [0.05, 0.1) is 19.0 Å². The number of halogens is 1. The van der Waals surface area contributed by atoms with Gasteiger partial charge in [-0.2, -0.15) is 0 Å². The van der Waals surface area contributed by atoms with Crippen molar-refractivity contribution in [2.45, 2.75) is 25.5 Å². The molecule has 0 unspecified atom stereocenters. The maximum Gasteiger partial charge on any atom is 0.268 e. The molecule has 28 heavy (non-hydrogen) atoms. The fourth-order valence-electron chi connectivity index (χ4n) is 2.88. The molecule has 0 aliphatic rings. The zero-order chi connectivity index (χ0) is 19.9. The first-order chi connectivity index (χ1) is 13.5. The van der Waals surface area contributed by atoms with Gasteiger partial charge in [-0.25, -0.2) is 4.98 Å². The van der Waals surface area contributed by atoms with E-state index >= 15 is 0 Å². The van der Waals surface area contributed by atoms with E-state index in [1.807, 2.05) is 48.5 Å². The van der Waals surface area contributed by atoms with Gasteiger partial charge < -0.3 is 20.1 Å².